The molecule has 4 heteroatoms. The Labute approximate surface area is 132 Å². The van der Waals surface area contributed by atoms with E-state index in [9.17, 15) is 4.79 Å². The highest BCUT2D eigenvalue weighted by molar-refractivity contribution is 5.85. The molecule has 3 rings (SSSR count). The molecule has 1 aromatic heterocycles. The van der Waals surface area contributed by atoms with Crippen molar-refractivity contribution in [3.8, 4) is 0 Å². The Hall–Kier alpha value is -1.81. The highest BCUT2D eigenvalue weighted by Crippen LogP contribution is 2.30. The van der Waals surface area contributed by atoms with E-state index in [-0.39, 0.29) is 11.8 Å². The van der Waals surface area contributed by atoms with Gasteiger partial charge < -0.3 is 9.88 Å². The first kappa shape index (κ1) is 15.1. The van der Waals surface area contributed by atoms with Crippen LogP contribution in [0.15, 0.2) is 24.3 Å². The summed E-state index contributed by atoms with van der Waals surface area (Å²) in [6, 6.07) is 8.98. The third-order valence-electron chi connectivity index (χ3n) is 4.76. The van der Waals surface area contributed by atoms with Crippen molar-refractivity contribution in [2.75, 3.05) is 20.6 Å². The first-order valence-corrected chi connectivity index (χ1v) is 8.01. The standard InChI is InChI=1S/C18H25N3O/c1-12(18(22)20(3)4)10-21-11-17-15(9-13(21)2)14-7-5-6-8-16(14)19-17/h5-8,12-13,19H,9-11H2,1-4H3/t12-,13-/m1/s1. The van der Waals surface area contributed by atoms with Gasteiger partial charge in [-0.05, 0) is 25.0 Å². The van der Waals surface area contributed by atoms with E-state index in [2.05, 4.69) is 41.1 Å². The molecule has 1 aliphatic rings. The van der Waals surface area contributed by atoms with E-state index >= 15 is 0 Å². The van der Waals surface area contributed by atoms with Crippen LogP contribution in [-0.2, 0) is 17.8 Å². The van der Waals surface area contributed by atoms with Crippen LogP contribution in [0.3, 0.4) is 0 Å². The van der Waals surface area contributed by atoms with Gasteiger partial charge in [0.05, 0.1) is 0 Å². The molecule has 1 aromatic carbocycles. The molecule has 0 aliphatic carbocycles. The number of hydrogen-bond donors (Lipinski definition) is 1. The third kappa shape index (κ3) is 2.63. The fourth-order valence-corrected chi connectivity index (χ4v) is 3.52. The number of H-pyrrole nitrogens is 1. The van der Waals surface area contributed by atoms with Crippen molar-refractivity contribution in [3.05, 3.63) is 35.5 Å². The lowest BCUT2D eigenvalue weighted by molar-refractivity contribution is -0.133. The summed E-state index contributed by atoms with van der Waals surface area (Å²) in [6.45, 7) is 6.00. The number of rotatable bonds is 3. The molecule has 2 heterocycles. The van der Waals surface area contributed by atoms with Crippen molar-refractivity contribution in [2.24, 2.45) is 5.92 Å². The fraction of sp³-hybridized carbons (Fsp3) is 0.500. The SMILES string of the molecule is C[C@H](CN1Cc2[nH]c3ccccc3c2C[C@H]1C)C(=O)N(C)C. The number of aromatic nitrogens is 1. The summed E-state index contributed by atoms with van der Waals surface area (Å²) >= 11 is 0. The number of para-hydroxylation sites is 1. The van der Waals surface area contributed by atoms with Crippen molar-refractivity contribution in [1.82, 2.24) is 14.8 Å². The second kappa shape index (κ2) is 5.76. The lowest BCUT2D eigenvalue weighted by atomic mass is 9.96. The molecule has 0 saturated carbocycles. The van der Waals surface area contributed by atoms with E-state index < -0.39 is 0 Å². The first-order valence-electron chi connectivity index (χ1n) is 8.01. The second-order valence-electron chi connectivity index (χ2n) is 6.74. The first-order chi connectivity index (χ1) is 10.5. The number of hydrogen-bond acceptors (Lipinski definition) is 2. The van der Waals surface area contributed by atoms with Crippen molar-refractivity contribution < 1.29 is 4.79 Å². The molecule has 0 fully saturated rings. The average molecular weight is 299 g/mol. The molecule has 0 radical (unpaired) electrons. The Balaban J connectivity index is 1.81. The number of amides is 1. The molecule has 4 nitrogen and oxygen atoms in total. The fourth-order valence-electron chi connectivity index (χ4n) is 3.52. The van der Waals surface area contributed by atoms with Gasteiger partial charge in [-0.15, -0.1) is 0 Å². The van der Waals surface area contributed by atoms with Crippen LogP contribution in [0.4, 0.5) is 0 Å². The van der Waals surface area contributed by atoms with E-state index in [0.717, 1.165) is 19.5 Å². The monoisotopic (exact) mass is 299 g/mol. The highest BCUT2D eigenvalue weighted by atomic mass is 16.2. The van der Waals surface area contributed by atoms with E-state index in [1.807, 2.05) is 21.0 Å². The van der Waals surface area contributed by atoms with Crippen LogP contribution in [0.5, 0.6) is 0 Å². The molecule has 0 bridgehead atoms. The maximum Gasteiger partial charge on any atom is 0.226 e. The average Bonchev–Trinajstić information content (AvgIpc) is 2.84. The summed E-state index contributed by atoms with van der Waals surface area (Å²) in [6.07, 6.45) is 1.04. The quantitative estimate of drug-likeness (QED) is 0.946. The molecule has 22 heavy (non-hydrogen) atoms. The van der Waals surface area contributed by atoms with E-state index in [1.54, 1.807) is 4.90 Å². The normalized spacial score (nSPS) is 19.9. The summed E-state index contributed by atoms with van der Waals surface area (Å²) < 4.78 is 0. The number of carbonyl (C=O) groups excluding carboxylic acids is 1. The predicted molar refractivity (Wildman–Crippen MR) is 89.7 cm³/mol. The number of carbonyl (C=O) groups is 1. The van der Waals surface area contributed by atoms with Crippen LogP contribution in [0.2, 0.25) is 0 Å². The van der Waals surface area contributed by atoms with Gasteiger partial charge in [0.15, 0.2) is 0 Å². The second-order valence-corrected chi connectivity index (χ2v) is 6.74. The molecule has 1 N–H and O–H groups in total. The number of nitrogens with one attached hydrogen (secondary N) is 1. The summed E-state index contributed by atoms with van der Waals surface area (Å²) in [5.74, 6) is 0.234. The number of aromatic amines is 1. The molecule has 1 amide bonds. The van der Waals surface area contributed by atoms with Gasteiger partial charge in [0.25, 0.3) is 0 Å². The molecular formula is C18H25N3O. The van der Waals surface area contributed by atoms with Gasteiger partial charge in [0.1, 0.15) is 0 Å². The van der Waals surface area contributed by atoms with E-state index in [0.29, 0.717) is 6.04 Å². The van der Waals surface area contributed by atoms with Crippen molar-refractivity contribution in [1.29, 1.82) is 0 Å². The molecule has 0 spiro atoms. The lowest BCUT2D eigenvalue weighted by Crippen LogP contribution is -2.43. The predicted octanol–water partition coefficient (Wildman–Crippen LogP) is 2.64. The number of fused-ring (bicyclic) bond motifs is 3. The summed E-state index contributed by atoms with van der Waals surface area (Å²) in [7, 11) is 3.66. The Morgan fingerprint density at radius 1 is 1.41 bits per heavy atom. The van der Waals surface area contributed by atoms with Crippen LogP contribution in [0.1, 0.15) is 25.1 Å². The van der Waals surface area contributed by atoms with Crippen LogP contribution < -0.4 is 0 Å². The molecule has 0 saturated heterocycles. The topological polar surface area (TPSA) is 39.3 Å². The lowest BCUT2D eigenvalue weighted by Gasteiger charge is -2.35. The summed E-state index contributed by atoms with van der Waals surface area (Å²) in [5, 5.41) is 1.35. The molecule has 1 aliphatic heterocycles. The van der Waals surface area contributed by atoms with Gasteiger partial charge in [-0.2, -0.15) is 0 Å². The van der Waals surface area contributed by atoms with Crippen LogP contribution in [-0.4, -0.2) is 47.4 Å². The Bertz CT molecular complexity index is 689. The van der Waals surface area contributed by atoms with Crippen molar-refractivity contribution in [2.45, 2.75) is 32.9 Å². The molecule has 2 atom stereocenters. The molecular weight excluding hydrogens is 274 g/mol. The van der Waals surface area contributed by atoms with Crippen LogP contribution in [0, 0.1) is 5.92 Å². The minimum absolute atomic E-state index is 0.0309. The minimum atomic E-state index is 0.0309. The number of nitrogens with zero attached hydrogens (tertiary/aromatic N) is 2. The van der Waals surface area contributed by atoms with E-state index in [4.69, 9.17) is 0 Å². The zero-order chi connectivity index (χ0) is 15.9. The van der Waals surface area contributed by atoms with Crippen molar-refractivity contribution >= 4 is 16.8 Å². The Morgan fingerprint density at radius 2 is 2.14 bits per heavy atom. The van der Waals surface area contributed by atoms with Gasteiger partial charge >= 0.3 is 0 Å². The van der Waals surface area contributed by atoms with Gasteiger partial charge in [0.2, 0.25) is 5.91 Å². The van der Waals surface area contributed by atoms with Gasteiger partial charge in [0, 0.05) is 55.7 Å². The largest absolute Gasteiger partial charge is 0.357 e. The van der Waals surface area contributed by atoms with Crippen LogP contribution >= 0.6 is 0 Å². The van der Waals surface area contributed by atoms with Gasteiger partial charge in [-0.3, -0.25) is 9.69 Å². The molecule has 2 aromatic rings. The smallest absolute Gasteiger partial charge is 0.226 e. The third-order valence-corrected chi connectivity index (χ3v) is 4.76. The van der Waals surface area contributed by atoms with Crippen LogP contribution in [0.25, 0.3) is 10.9 Å². The molecule has 118 valence electrons. The highest BCUT2D eigenvalue weighted by Gasteiger charge is 2.28. The summed E-state index contributed by atoms with van der Waals surface area (Å²) in [4.78, 5) is 19.8. The minimum Gasteiger partial charge on any atom is -0.357 e. The van der Waals surface area contributed by atoms with E-state index in [1.165, 1.54) is 22.2 Å². The van der Waals surface area contributed by atoms with Gasteiger partial charge in [-0.25, -0.2) is 0 Å². The Kier molecular flexibility index (Phi) is 3.96. The summed E-state index contributed by atoms with van der Waals surface area (Å²) in [5.41, 5.74) is 3.98. The number of benzene rings is 1. The maximum absolute atomic E-state index is 12.1. The zero-order valence-electron chi connectivity index (χ0n) is 13.9. The zero-order valence-corrected chi connectivity index (χ0v) is 13.9. The Morgan fingerprint density at radius 3 is 2.86 bits per heavy atom. The molecule has 0 unspecified atom stereocenters. The van der Waals surface area contributed by atoms with Gasteiger partial charge in [-0.1, -0.05) is 25.1 Å². The maximum atomic E-state index is 12.1. The van der Waals surface area contributed by atoms with Crippen molar-refractivity contribution in [3.63, 3.8) is 0 Å².